The lowest BCUT2D eigenvalue weighted by Gasteiger charge is -2.36. The number of nitrogens with zero attached hydrogens (tertiary/aromatic N) is 1. The van der Waals surface area contributed by atoms with E-state index in [1.807, 2.05) is 16.3 Å². The average molecular weight is 296 g/mol. The Hall–Kier alpha value is -1.07. The number of carbonyl (C=O) groups is 1. The Morgan fingerprint density at radius 1 is 1.65 bits per heavy atom. The molecule has 1 aromatic heterocycles. The summed E-state index contributed by atoms with van der Waals surface area (Å²) < 4.78 is 5.47. The first-order valence-corrected chi connectivity index (χ1v) is 8.15. The molecule has 112 valence electrons. The molecule has 3 atom stereocenters. The van der Waals surface area contributed by atoms with Crippen molar-refractivity contribution in [2.24, 2.45) is 5.92 Å². The van der Waals surface area contributed by atoms with E-state index >= 15 is 0 Å². The normalized spacial score (nSPS) is 24.4. The number of methoxy groups -OCH3 is 1. The molecule has 1 aromatic rings. The van der Waals surface area contributed by atoms with Crippen molar-refractivity contribution in [2.75, 3.05) is 20.2 Å². The van der Waals surface area contributed by atoms with Crippen LogP contribution in [0.4, 0.5) is 4.79 Å². The molecule has 0 aromatic carbocycles. The minimum Gasteiger partial charge on any atom is -0.379 e. The third kappa shape index (κ3) is 3.52. The van der Waals surface area contributed by atoms with Crippen molar-refractivity contribution in [3.8, 4) is 0 Å². The van der Waals surface area contributed by atoms with Crippen molar-refractivity contribution in [1.29, 1.82) is 0 Å². The molecule has 0 radical (unpaired) electrons. The highest BCUT2D eigenvalue weighted by Gasteiger charge is 2.29. The van der Waals surface area contributed by atoms with Gasteiger partial charge >= 0.3 is 6.03 Å². The first-order valence-electron chi connectivity index (χ1n) is 7.27. The average Bonchev–Trinajstić information content (AvgIpc) is 2.99. The third-order valence-corrected chi connectivity index (χ3v) is 5.06. The molecule has 0 saturated carbocycles. The summed E-state index contributed by atoms with van der Waals surface area (Å²) in [5, 5.41) is 5.19. The molecular weight excluding hydrogens is 272 g/mol. The number of hydrogen-bond donors (Lipinski definition) is 1. The van der Waals surface area contributed by atoms with Crippen LogP contribution in [0, 0.1) is 5.92 Å². The topological polar surface area (TPSA) is 41.6 Å². The molecule has 1 aliphatic rings. The van der Waals surface area contributed by atoms with Gasteiger partial charge in [-0.05, 0) is 30.2 Å². The van der Waals surface area contributed by atoms with Crippen molar-refractivity contribution < 1.29 is 9.53 Å². The van der Waals surface area contributed by atoms with E-state index in [1.54, 1.807) is 18.4 Å². The highest BCUT2D eigenvalue weighted by molar-refractivity contribution is 7.10. The van der Waals surface area contributed by atoms with E-state index < -0.39 is 0 Å². The van der Waals surface area contributed by atoms with Gasteiger partial charge in [0.1, 0.15) is 0 Å². The number of thiophene rings is 1. The van der Waals surface area contributed by atoms with Crippen LogP contribution in [-0.2, 0) is 4.74 Å². The monoisotopic (exact) mass is 296 g/mol. The van der Waals surface area contributed by atoms with Crippen LogP contribution in [0.25, 0.3) is 0 Å². The van der Waals surface area contributed by atoms with Crippen molar-refractivity contribution >= 4 is 17.4 Å². The fraction of sp³-hybridized carbons (Fsp3) is 0.667. The molecule has 2 heterocycles. The van der Waals surface area contributed by atoms with Crippen LogP contribution in [0.5, 0.6) is 0 Å². The summed E-state index contributed by atoms with van der Waals surface area (Å²) in [7, 11) is 1.73. The van der Waals surface area contributed by atoms with E-state index in [-0.39, 0.29) is 18.2 Å². The van der Waals surface area contributed by atoms with Gasteiger partial charge in [-0.1, -0.05) is 19.9 Å². The fourth-order valence-electron chi connectivity index (χ4n) is 2.63. The molecule has 5 heteroatoms. The molecule has 1 N–H and O–H groups in total. The summed E-state index contributed by atoms with van der Waals surface area (Å²) in [6, 6.07) is 4.25. The van der Waals surface area contributed by atoms with Crippen molar-refractivity contribution in [3.05, 3.63) is 22.4 Å². The summed E-state index contributed by atoms with van der Waals surface area (Å²) in [5.74, 6) is 0.517. The third-order valence-electron chi connectivity index (χ3n) is 4.07. The number of urea groups is 1. The molecule has 0 unspecified atom stereocenters. The Morgan fingerprint density at radius 2 is 2.45 bits per heavy atom. The Balaban J connectivity index is 1.94. The van der Waals surface area contributed by atoms with Crippen LogP contribution < -0.4 is 5.32 Å². The zero-order valence-electron chi connectivity index (χ0n) is 12.5. The first kappa shape index (κ1) is 15.3. The number of hydrogen-bond acceptors (Lipinski definition) is 3. The van der Waals surface area contributed by atoms with Crippen LogP contribution in [0.2, 0.25) is 0 Å². The number of carbonyl (C=O) groups excluding carboxylic acids is 1. The van der Waals surface area contributed by atoms with Crippen LogP contribution in [0.1, 0.15) is 37.6 Å². The van der Waals surface area contributed by atoms with Gasteiger partial charge in [0.05, 0.1) is 12.1 Å². The molecule has 4 nitrogen and oxygen atoms in total. The van der Waals surface area contributed by atoms with Crippen LogP contribution in [0.3, 0.4) is 0 Å². The van der Waals surface area contributed by atoms with Gasteiger partial charge in [0, 0.05) is 25.1 Å². The second-order valence-corrected chi connectivity index (χ2v) is 6.39. The number of amides is 2. The highest BCUT2D eigenvalue weighted by Crippen LogP contribution is 2.23. The van der Waals surface area contributed by atoms with Crippen LogP contribution in [0.15, 0.2) is 17.5 Å². The Kier molecular flexibility index (Phi) is 5.43. The van der Waals surface area contributed by atoms with Crippen LogP contribution >= 0.6 is 11.3 Å². The molecule has 1 fully saturated rings. The summed E-state index contributed by atoms with van der Waals surface area (Å²) in [6.07, 6.45) is 2.06. The molecule has 0 spiro atoms. The quantitative estimate of drug-likeness (QED) is 0.926. The van der Waals surface area contributed by atoms with Gasteiger partial charge in [0.15, 0.2) is 0 Å². The zero-order valence-corrected chi connectivity index (χ0v) is 13.3. The highest BCUT2D eigenvalue weighted by atomic mass is 32.1. The van der Waals surface area contributed by atoms with Gasteiger partial charge < -0.3 is 15.0 Å². The van der Waals surface area contributed by atoms with Crippen molar-refractivity contribution in [1.82, 2.24) is 10.2 Å². The molecule has 2 amide bonds. The maximum Gasteiger partial charge on any atom is 0.317 e. The molecule has 0 aliphatic carbocycles. The molecule has 2 rings (SSSR count). The van der Waals surface area contributed by atoms with E-state index in [2.05, 4.69) is 25.2 Å². The number of rotatable bonds is 4. The van der Waals surface area contributed by atoms with Gasteiger partial charge in [0.25, 0.3) is 0 Å². The van der Waals surface area contributed by atoms with Gasteiger partial charge in [-0.3, -0.25) is 0 Å². The summed E-state index contributed by atoms with van der Waals surface area (Å²) in [6.45, 7) is 5.78. The van der Waals surface area contributed by atoms with E-state index in [4.69, 9.17) is 4.74 Å². The largest absolute Gasteiger partial charge is 0.379 e. The van der Waals surface area contributed by atoms with Gasteiger partial charge in [-0.15, -0.1) is 11.3 Å². The molecule has 0 bridgehead atoms. The standard InChI is InChI=1S/C15H24N2O2S/c1-4-12(14-6-5-9-20-14)16-15(18)17-8-7-11(2)13(10-17)19-3/h5-6,9,11-13H,4,7-8,10H2,1-3H3,(H,16,18)/t11-,12-,13+/m0/s1. The minimum atomic E-state index is 0.0270. The summed E-state index contributed by atoms with van der Waals surface area (Å²) >= 11 is 1.69. The van der Waals surface area contributed by atoms with Gasteiger partial charge in [-0.25, -0.2) is 4.79 Å². The summed E-state index contributed by atoms with van der Waals surface area (Å²) in [4.78, 5) is 15.5. The predicted octanol–water partition coefficient (Wildman–Crippen LogP) is 3.27. The summed E-state index contributed by atoms with van der Waals surface area (Å²) in [5.41, 5.74) is 0. The Bertz CT molecular complexity index is 422. The Morgan fingerprint density at radius 3 is 3.05 bits per heavy atom. The lowest BCUT2D eigenvalue weighted by molar-refractivity contribution is 0.00682. The SMILES string of the molecule is CC[C@H](NC(=O)N1CC[C@H](C)[C@H](OC)C1)c1cccs1. The maximum atomic E-state index is 12.4. The van der Waals surface area contributed by atoms with Crippen LogP contribution in [-0.4, -0.2) is 37.2 Å². The zero-order chi connectivity index (χ0) is 14.5. The number of ether oxygens (including phenoxy) is 1. The molecular formula is C15H24N2O2S. The van der Waals surface area contributed by atoms with E-state index in [1.165, 1.54) is 4.88 Å². The lowest BCUT2D eigenvalue weighted by atomic mass is 9.96. The maximum absolute atomic E-state index is 12.4. The van der Waals surface area contributed by atoms with Gasteiger partial charge in [0.2, 0.25) is 0 Å². The van der Waals surface area contributed by atoms with Gasteiger partial charge in [-0.2, -0.15) is 0 Å². The van der Waals surface area contributed by atoms with E-state index in [0.717, 1.165) is 19.4 Å². The number of likely N-dealkylation sites (tertiary alicyclic amines) is 1. The van der Waals surface area contributed by atoms with E-state index in [9.17, 15) is 4.79 Å². The Labute approximate surface area is 125 Å². The fourth-order valence-corrected chi connectivity index (χ4v) is 3.49. The minimum absolute atomic E-state index is 0.0270. The molecule has 1 saturated heterocycles. The molecule has 20 heavy (non-hydrogen) atoms. The number of piperidine rings is 1. The second-order valence-electron chi connectivity index (χ2n) is 5.41. The smallest absolute Gasteiger partial charge is 0.317 e. The second kappa shape index (κ2) is 7.09. The predicted molar refractivity (Wildman–Crippen MR) is 82.0 cm³/mol. The molecule has 1 aliphatic heterocycles. The number of nitrogens with one attached hydrogen (secondary N) is 1. The van der Waals surface area contributed by atoms with E-state index in [0.29, 0.717) is 12.5 Å². The lowest BCUT2D eigenvalue weighted by Crippen LogP contribution is -2.50. The van der Waals surface area contributed by atoms with Crippen molar-refractivity contribution in [3.63, 3.8) is 0 Å². The first-order chi connectivity index (χ1) is 9.65. The van der Waals surface area contributed by atoms with Crippen molar-refractivity contribution in [2.45, 2.75) is 38.8 Å².